The number of nitrogens with one attached hydrogen (secondary N) is 1. The van der Waals surface area contributed by atoms with Gasteiger partial charge in [-0.2, -0.15) is 0 Å². The van der Waals surface area contributed by atoms with Crippen LogP contribution < -0.4 is 10.2 Å². The molecule has 2 aromatic rings. The highest BCUT2D eigenvalue weighted by atomic mass is 15.2. The number of aryl methyl sites for hydroxylation is 1. The Bertz CT molecular complexity index is 581. The first-order valence-electron chi connectivity index (χ1n) is 7.36. The first-order valence-corrected chi connectivity index (χ1v) is 7.36. The van der Waals surface area contributed by atoms with Crippen LogP contribution in [0, 0.1) is 6.92 Å². The maximum Gasteiger partial charge on any atom is 0.147 e. The molecule has 0 saturated heterocycles. The van der Waals surface area contributed by atoms with Crippen molar-refractivity contribution in [3.63, 3.8) is 0 Å². The van der Waals surface area contributed by atoms with Gasteiger partial charge in [-0.1, -0.05) is 38.1 Å². The second-order valence-corrected chi connectivity index (χ2v) is 5.69. The highest BCUT2D eigenvalue weighted by molar-refractivity contribution is 5.38. The Morgan fingerprint density at radius 2 is 1.95 bits per heavy atom. The minimum Gasteiger partial charge on any atom is -0.354 e. The van der Waals surface area contributed by atoms with E-state index in [0.29, 0.717) is 6.04 Å². The molecule has 0 amide bonds. The fraction of sp³-hybridized carbons (Fsp3) is 0.412. The maximum absolute atomic E-state index is 4.67. The lowest BCUT2D eigenvalue weighted by Crippen LogP contribution is -2.24. The van der Waals surface area contributed by atoms with Gasteiger partial charge in [0, 0.05) is 32.4 Å². The summed E-state index contributed by atoms with van der Waals surface area (Å²) in [5.41, 5.74) is 3.58. The quantitative estimate of drug-likeness (QED) is 0.885. The molecule has 1 aromatic heterocycles. The Morgan fingerprint density at radius 3 is 2.67 bits per heavy atom. The lowest BCUT2D eigenvalue weighted by atomic mass is 10.1. The normalized spacial score (nSPS) is 10.9. The van der Waals surface area contributed by atoms with Crippen LogP contribution in [0.2, 0.25) is 0 Å². The third-order valence-corrected chi connectivity index (χ3v) is 3.42. The van der Waals surface area contributed by atoms with E-state index in [1.807, 2.05) is 12.4 Å². The number of hydrogen-bond donors (Lipinski definition) is 1. The summed E-state index contributed by atoms with van der Waals surface area (Å²) >= 11 is 0. The molecule has 0 radical (unpaired) electrons. The minimum absolute atomic E-state index is 0.445. The van der Waals surface area contributed by atoms with Crippen molar-refractivity contribution in [2.45, 2.75) is 39.9 Å². The molecule has 0 fully saturated rings. The molecule has 0 aliphatic heterocycles. The van der Waals surface area contributed by atoms with E-state index in [0.717, 1.165) is 24.6 Å². The summed E-state index contributed by atoms with van der Waals surface area (Å²) in [5.74, 6) is 0.904. The molecular formula is C17H24N4. The van der Waals surface area contributed by atoms with Crippen molar-refractivity contribution in [2.75, 3.05) is 11.9 Å². The smallest absolute Gasteiger partial charge is 0.147 e. The van der Waals surface area contributed by atoms with Gasteiger partial charge >= 0.3 is 0 Å². The monoisotopic (exact) mass is 284 g/mol. The molecule has 0 atom stereocenters. The van der Waals surface area contributed by atoms with Crippen LogP contribution in [0.4, 0.5) is 5.82 Å². The van der Waals surface area contributed by atoms with E-state index in [1.54, 1.807) is 0 Å². The van der Waals surface area contributed by atoms with Crippen molar-refractivity contribution in [3.05, 3.63) is 53.5 Å². The van der Waals surface area contributed by atoms with Gasteiger partial charge in [0.25, 0.3) is 0 Å². The number of nitrogens with zero attached hydrogens (tertiary/aromatic N) is 3. The van der Waals surface area contributed by atoms with Crippen LogP contribution in [-0.2, 0) is 13.1 Å². The first-order chi connectivity index (χ1) is 10.1. The molecule has 0 bridgehead atoms. The van der Waals surface area contributed by atoms with E-state index in [9.17, 15) is 0 Å². The van der Waals surface area contributed by atoms with Gasteiger partial charge in [-0.05, 0) is 18.1 Å². The number of rotatable bonds is 6. The summed E-state index contributed by atoms with van der Waals surface area (Å²) < 4.78 is 0. The summed E-state index contributed by atoms with van der Waals surface area (Å²) in [6.07, 6.45) is 3.64. The summed E-state index contributed by atoms with van der Waals surface area (Å²) in [5, 5.41) is 3.37. The molecule has 4 heteroatoms. The van der Waals surface area contributed by atoms with Gasteiger partial charge in [0.1, 0.15) is 5.82 Å². The van der Waals surface area contributed by atoms with Crippen LogP contribution in [0.1, 0.15) is 30.7 Å². The standard InChI is InChI=1S/C17H24N4/c1-13(2)19-10-16-9-18-11-17(20-16)21(4)12-15-8-6-5-7-14(15)3/h5-9,11,13,19H,10,12H2,1-4H3. The minimum atomic E-state index is 0.445. The van der Waals surface area contributed by atoms with Crippen molar-refractivity contribution in [2.24, 2.45) is 0 Å². The van der Waals surface area contributed by atoms with Crippen LogP contribution in [0.15, 0.2) is 36.7 Å². The average Bonchev–Trinajstić information content (AvgIpc) is 2.48. The van der Waals surface area contributed by atoms with Gasteiger partial charge in [0.05, 0.1) is 11.9 Å². The molecule has 4 nitrogen and oxygen atoms in total. The highest BCUT2D eigenvalue weighted by Gasteiger charge is 2.07. The van der Waals surface area contributed by atoms with Crippen LogP contribution >= 0.6 is 0 Å². The highest BCUT2D eigenvalue weighted by Crippen LogP contribution is 2.14. The van der Waals surface area contributed by atoms with Crippen molar-refractivity contribution in [1.29, 1.82) is 0 Å². The van der Waals surface area contributed by atoms with Gasteiger partial charge in [-0.3, -0.25) is 4.98 Å². The average molecular weight is 284 g/mol. The Balaban J connectivity index is 2.07. The number of aromatic nitrogens is 2. The summed E-state index contributed by atoms with van der Waals surface area (Å²) in [7, 11) is 2.05. The van der Waals surface area contributed by atoms with E-state index in [1.165, 1.54) is 11.1 Å². The summed E-state index contributed by atoms with van der Waals surface area (Å²) in [4.78, 5) is 11.1. The van der Waals surface area contributed by atoms with Gasteiger partial charge < -0.3 is 10.2 Å². The van der Waals surface area contributed by atoms with Crippen molar-refractivity contribution in [1.82, 2.24) is 15.3 Å². The van der Waals surface area contributed by atoms with Gasteiger partial charge in [-0.15, -0.1) is 0 Å². The molecule has 1 heterocycles. The van der Waals surface area contributed by atoms with E-state index in [-0.39, 0.29) is 0 Å². The number of benzene rings is 1. The van der Waals surface area contributed by atoms with Crippen LogP contribution in [0.5, 0.6) is 0 Å². The van der Waals surface area contributed by atoms with E-state index in [2.05, 4.69) is 72.3 Å². The lowest BCUT2D eigenvalue weighted by molar-refractivity contribution is 0.580. The molecule has 2 rings (SSSR count). The zero-order valence-electron chi connectivity index (χ0n) is 13.3. The fourth-order valence-corrected chi connectivity index (χ4v) is 2.10. The molecule has 112 valence electrons. The Labute approximate surface area is 127 Å². The zero-order valence-corrected chi connectivity index (χ0v) is 13.3. The second-order valence-electron chi connectivity index (χ2n) is 5.69. The molecule has 1 N–H and O–H groups in total. The molecule has 0 aliphatic rings. The van der Waals surface area contributed by atoms with Crippen molar-refractivity contribution in [3.8, 4) is 0 Å². The molecule has 1 aromatic carbocycles. The number of hydrogen-bond acceptors (Lipinski definition) is 4. The van der Waals surface area contributed by atoms with E-state index >= 15 is 0 Å². The summed E-state index contributed by atoms with van der Waals surface area (Å²) in [6, 6.07) is 8.88. The fourth-order valence-electron chi connectivity index (χ4n) is 2.10. The van der Waals surface area contributed by atoms with Gasteiger partial charge in [0.2, 0.25) is 0 Å². The Kier molecular flexibility index (Phi) is 5.28. The molecule has 0 saturated carbocycles. The maximum atomic E-state index is 4.67. The lowest BCUT2D eigenvalue weighted by Gasteiger charge is -2.19. The predicted molar refractivity (Wildman–Crippen MR) is 87.3 cm³/mol. The molecule has 21 heavy (non-hydrogen) atoms. The van der Waals surface area contributed by atoms with Crippen molar-refractivity contribution < 1.29 is 0 Å². The predicted octanol–water partition coefficient (Wildman–Crippen LogP) is 2.92. The van der Waals surface area contributed by atoms with Crippen LogP contribution in [0.3, 0.4) is 0 Å². The molecule has 0 unspecified atom stereocenters. The summed E-state index contributed by atoms with van der Waals surface area (Å²) in [6.45, 7) is 7.97. The Hall–Kier alpha value is -1.94. The SMILES string of the molecule is Cc1ccccc1CN(C)c1cncc(CNC(C)C)n1. The van der Waals surface area contributed by atoms with Crippen molar-refractivity contribution >= 4 is 5.82 Å². The van der Waals surface area contributed by atoms with Crippen LogP contribution in [-0.4, -0.2) is 23.1 Å². The van der Waals surface area contributed by atoms with E-state index < -0.39 is 0 Å². The third-order valence-electron chi connectivity index (χ3n) is 3.42. The topological polar surface area (TPSA) is 41.1 Å². The third kappa shape index (κ3) is 4.53. The largest absolute Gasteiger partial charge is 0.354 e. The van der Waals surface area contributed by atoms with Crippen LogP contribution in [0.25, 0.3) is 0 Å². The second kappa shape index (κ2) is 7.18. The molecule has 0 aliphatic carbocycles. The first kappa shape index (κ1) is 15.4. The molecular weight excluding hydrogens is 260 g/mol. The van der Waals surface area contributed by atoms with Gasteiger partial charge in [0.15, 0.2) is 0 Å². The Morgan fingerprint density at radius 1 is 1.19 bits per heavy atom. The number of anilines is 1. The van der Waals surface area contributed by atoms with E-state index in [4.69, 9.17) is 0 Å². The zero-order chi connectivity index (χ0) is 15.2. The molecule has 0 spiro atoms. The van der Waals surface area contributed by atoms with Gasteiger partial charge in [-0.25, -0.2) is 4.98 Å².